The van der Waals surface area contributed by atoms with Crippen molar-refractivity contribution in [2.75, 3.05) is 19.6 Å². The quantitative estimate of drug-likeness (QED) is 0.754. The fourth-order valence-electron chi connectivity index (χ4n) is 2.30. The van der Waals surface area contributed by atoms with Crippen LogP contribution in [0.4, 0.5) is 0 Å². The van der Waals surface area contributed by atoms with Crippen molar-refractivity contribution in [3.63, 3.8) is 0 Å². The number of hydrogen-bond acceptors (Lipinski definition) is 6. The lowest BCUT2D eigenvalue weighted by Crippen LogP contribution is -2.35. The summed E-state index contributed by atoms with van der Waals surface area (Å²) in [5.41, 5.74) is 0.612. The Labute approximate surface area is 126 Å². The number of rotatable bonds is 5. The highest BCUT2D eigenvalue weighted by atomic mass is 32.1. The zero-order chi connectivity index (χ0) is 14.7. The normalized spacial score (nSPS) is 21.6. The number of nitrogens with one attached hydrogen (secondary N) is 2. The van der Waals surface area contributed by atoms with Crippen LogP contribution in [0.2, 0.25) is 0 Å². The van der Waals surface area contributed by atoms with E-state index in [2.05, 4.69) is 15.6 Å². The van der Waals surface area contributed by atoms with Gasteiger partial charge in [0.1, 0.15) is 6.26 Å². The molecule has 0 radical (unpaired) electrons. The Bertz CT molecular complexity index is 596. The minimum atomic E-state index is -0.386. The maximum Gasteiger partial charge on any atom is 0.236 e. The maximum atomic E-state index is 11.9. The van der Waals surface area contributed by atoms with Crippen LogP contribution in [0.1, 0.15) is 5.69 Å². The Morgan fingerprint density at radius 1 is 1.57 bits per heavy atom. The molecule has 7 heteroatoms. The van der Waals surface area contributed by atoms with Gasteiger partial charge in [-0.05, 0) is 11.4 Å². The van der Waals surface area contributed by atoms with Crippen molar-refractivity contribution in [2.45, 2.75) is 12.5 Å². The van der Waals surface area contributed by atoms with E-state index < -0.39 is 0 Å². The maximum absolute atomic E-state index is 11.9. The molecule has 3 rings (SSSR count). The van der Waals surface area contributed by atoms with Gasteiger partial charge in [-0.2, -0.15) is 0 Å². The molecule has 3 heterocycles. The predicted octanol–water partition coefficient (Wildman–Crippen LogP) is 0.642. The smallest absolute Gasteiger partial charge is 0.236 e. The first-order valence-corrected chi connectivity index (χ1v) is 7.74. The van der Waals surface area contributed by atoms with Gasteiger partial charge in [-0.25, -0.2) is 4.98 Å². The highest BCUT2D eigenvalue weighted by molar-refractivity contribution is 7.13. The number of hydrogen-bond donors (Lipinski definition) is 3. The van der Waals surface area contributed by atoms with Gasteiger partial charge in [0.2, 0.25) is 11.8 Å². The van der Waals surface area contributed by atoms with Crippen LogP contribution in [0.3, 0.4) is 0 Å². The van der Waals surface area contributed by atoms with Crippen molar-refractivity contribution < 1.29 is 14.3 Å². The zero-order valence-corrected chi connectivity index (χ0v) is 12.2. The van der Waals surface area contributed by atoms with Crippen LogP contribution in [0.5, 0.6) is 0 Å². The van der Waals surface area contributed by atoms with Gasteiger partial charge in [0, 0.05) is 25.6 Å². The molecule has 1 saturated heterocycles. The molecular weight excluding hydrogens is 290 g/mol. The average molecular weight is 307 g/mol. The van der Waals surface area contributed by atoms with Gasteiger partial charge in [-0.1, -0.05) is 6.07 Å². The second kappa shape index (κ2) is 6.38. The van der Waals surface area contributed by atoms with Crippen molar-refractivity contribution in [3.05, 3.63) is 29.5 Å². The van der Waals surface area contributed by atoms with Crippen LogP contribution in [0, 0.1) is 5.92 Å². The van der Waals surface area contributed by atoms with Crippen molar-refractivity contribution in [1.29, 1.82) is 0 Å². The van der Waals surface area contributed by atoms with Crippen molar-refractivity contribution in [3.8, 4) is 10.8 Å². The van der Waals surface area contributed by atoms with Gasteiger partial charge >= 0.3 is 0 Å². The molecule has 1 aliphatic rings. The molecule has 2 atom stereocenters. The molecule has 1 fully saturated rings. The third-order valence-corrected chi connectivity index (χ3v) is 4.35. The summed E-state index contributed by atoms with van der Waals surface area (Å²) >= 11 is 1.54. The molecule has 2 unspecified atom stereocenters. The molecule has 1 aliphatic heterocycles. The minimum Gasteiger partial charge on any atom is -0.444 e. The van der Waals surface area contributed by atoms with E-state index >= 15 is 0 Å². The third-order valence-electron chi connectivity index (χ3n) is 3.49. The number of oxazole rings is 1. The largest absolute Gasteiger partial charge is 0.444 e. The van der Waals surface area contributed by atoms with Crippen molar-refractivity contribution in [1.82, 2.24) is 15.6 Å². The van der Waals surface area contributed by atoms with Gasteiger partial charge in [-0.15, -0.1) is 11.3 Å². The highest BCUT2D eigenvalue weighted by Gasteiger charge is 2.25. The Hall–Kier alpha value is -1.70. The second-order valence-electron chi connectivity index (χ2n) is 5.09. The summed E-state index contributed by atoms with van der Waals surface area (Å²) in [6, 6.07) is 3.85. The molecule has 0 saturated carbocycles. The number of aliphatic hydroxyl groups is 1. The van der Waals surface area contributed by atoms with E-state index in [0.29, 0.717) is 24.7 Å². The topological polar surface area (TPSA) is 87.4 Å². The Morgan fingerprint density at radius 3 is 3.19 bits per heavy atom. The standard InChI is InChI=1S/C14H17N3O3S/c18-11-7-15-5-9(11)6-16-13(19)4-10-8-20-14(17-10)12-2-1-3-21-12/h1-3,8-9,11,15,18H,4-7H2,(H,16,19). The van der Waals surface area contributed by atoms with Gasteiger partial charge in [0.15, 0.2) is 0 Å². The van der Waals surface area contributed by atoms with Crippen LogP contribution in [0.15, 0.2) is 28.2 Å². The van der Waals surface area contributed by atoms with Crippen LogP contribution >= 0.6 is 11.3 Å². The summed E-state index contributed by atoms with van der Waals surface area (Å²) < 4.78 is 5.37. The van der Waals surface area contributed by atoms with Crippen LogP contribution < -0.4 is 10.6 Å². The molecule has 0 aromatic carbocycles. The number of aliphatic hydroxyl groups excluding tert-OH is 1. The van der Waals surface area contributed by atoms with Gasteiger partial charge in [0.25, 0.3) is 0 Å². The minimum absolute atomic E-state index is 0.0768. The Balaban J connectivity index is 1.51. The monoisotopic (exact) mass is 307 g/mol. The summed E-state index contributed by atoms with van der Waals surface area (Å²) in [6.07, 6.45) is 1.31. The molecule has 1 amide bonds. The molecule has 2 aromatic rings. The Kier molecular flexibility index (Phi) is 4.33. The summed E-state index contributed by atoms with van der Waals surface area (Å²) in [6.45, 7) is 1.80. The van der Waals surface area contributed by atoms with Gasteiger partial charge in [-0.3, -0.25) is 4.79 Å². The lowest BCUT2D eigenvalue weighted by atomic mass is 10.1. The van der Waals surface area contributed by atoms with E-state index in [0.717, 1.165) is 11.4 Å². The molecular formula is C14H17N3O3S. The fourth-order valence-corrected chi connectivity index (χ4v) is 2.96. The first-order chi connectivity index (χ1) is 10.2. The molecule has 3 N–H and O–H groups in total. The number of amides is 1. The van der Waals surface area contributed by atoms with E-state index in [9.17, 15) is 9.90 Å². The number of carbonyl (C=O) groups excluding carboxylic acids is 1. The first-order valence-electron chi connectivity index (χ1n) is 6.86. The van der Waals surface area contributed by atoms with E-state index in [4.69, 9.17) is 4.42 Å². The van der Waals surface area contributed by atoms with E-state index in [1.54, 1.807) is 11.3 Å². The van der Waals surface area contributed by atoms with Crippen LogP contribution in [-0.4, -0.2) is 41.7 Å². The molecule has 6 nitrogen and oxygen atoms in total. The van der Waals surface area contributed by atoms with Gasteiger partial charge in [0.05, 0.1) is 23.1 Å². The van der Waals surface area contributed by atoms with Crippen LogP contribution in [-0.2, 0) is 11.2 Å². The fraction of sp³-hybridized carbons (Fsp3) is 0.429. The summed E-state index contributed by atoms with van der Waals surface area (Å²) in [4.78, 5) is 17.1. The zero-order valence-electron chi connectivity index (χ0n) is 11.4. The third kappa shape index (κ3) is 3.49. The summed E-state index contributed by atoms with van der Waals surface area (Å²) in [7, 11) is 0. The lowest BCUT2D eigenvalue weighted by Gasteiger charge is -2.13. The summed E-state index contributed by atoms with van der Waals surface area (Å²) in [5.74, 6) is 0.510. The van der Waals surface area contributed by atoms with Crippen molar-refractivity contribution in [2.24, 2.45) is 5.92 Å². The SMILES string of the molecule is O=C(Cc1coc(-c2cccs2)n1)NCC1CNCC1O. The number of β-amino-alcohol motifs (C(OH)–C–C–N with tert-alkyl or cyclic N) is 1. The number of aromatic nitrogens is 1. The molecule has 21 heavy (non-hydrogen) atoms. The van der Waals surface area contributed by atoms with Crippen molar-refractivity contribution >= 4 is 17.2 Å². The first kappa shape index (κ1) is 14.2. The molecule has 0 spiro atoms. The highest BCUT2D eigenvalue weighted by Crippen LogP contribution is 2.23. The molecule has 112 valence electrons. The number of nitrogens with zero attached hydrogens (tertiary/aromatic N) is 1. The van der Waals surface area contributed by atoms with E-state index in [1.807, 2.05) is 17.5 Å². The van der Waals surface area contributed by atoms with E-state index in [1.165, 1.54) is 6.26 Å². The Morgan fingerprint density at radius 2 is 2.48 bits per heavy atom. The van der Waals surface area contributed by atoms with Crippen LogP contribution in [0.25, 0.3) is 10.8 Å². The molecule has 0 bridgehead atoms. The molecule has 0 aliphatic carbocycles. The summed E-state index contributed by atoms with van der Waals surface area (Å²) in [5, 5.41) is 17.5. The van der Waals surface area contributed by atoms with Gasteiger partial charge < -0.3 is 20.2 Å². The second-order valence-corrected chi connectivity index (χ2v) is 6.04. The van der Waals surface area contributed by atoms with E-state index in [-0.39, 0.29) is 24.3 Å². The average Bonchev–Trinajstić information content (AvgIpc) is 3.17. The predicted molar refractivity (Wildman–Crippen MR) is 78.9 cm³/mol. The lowest BCUT2D eigenvalue weighted by molar-refractivity contribution is -0.120. The number of carbonyl (C=O) groups is 1. The molecule has 2 aromatic heterocycles. The number of thiophene rings is 1.